The van der Waals surface area contributed by atoms with Crippen LogP contribution in [0, 0.1) is 11.8 Å². The Labute approximate surface area is 147 Å². The first-order chi connectivity index (χ1) is 12.2. The summed E-state index contributed by atoms with van der Waals surface area (Å²) < 4.78 is 44.9. The van der Waals surface area contributed by atoms with Crippen molar-refractivity contribution >= 4 is 17.8 Å². The molecule has 0 aromatic heterocycles. The number of esters is 1. The average Bonchev–Trinajstić information content (AvgIpc) is 3.11. The lowest BCUT2D eigenvalue weighted by Gasteiger charge is -2.23. The largest absolute Gasteiger partial charge is 0.468 e. The Morgan fingerprint density at radius 2 is 1.81 bits per heavy atom. The summed E-state index contributed by atoms with van der Waals surface area (Å²) in [4.78, 5) is 38.3. The minimum Gasteiger partial charge on any atom is -0.468 e. The van der Waals surface area contributed by atoms with Crippen LogP contribution >= 0.6 is 0 Å². The molecule has 2 aliphatic rings. The number of halogens is 3. The van der Waals surface area contributed by atoms with E-state index in [0.29, 0.717) is 0 Å². The van der Waals surface area contributed by atoms with Crippen LogP contribution < -0.4 is 5.32 Å². The van der Waals surface area contributed by atoms with Gasteiger partial charge in [0.25, 0.3) is 0 Å². The van der Waals surface area contributed by atoms with Gasteiger partial charge < -0.3 is 4.74 Å². The molecule has 0 saturated carbocycles. The monoisotopic (exact) mass is 370 g/mol. The molecule has 0 unspecified atom stereocenters. The molecular weight excluding hydrogens is 353 g/mol. The summed E-state index contributed by atoms with van der Waals surface area (Å²) in [5.74, 6) is -4.11. The van der Waals surface area contributed by atoms with E-state index >= 15 is 0 Å². The summed E-state index contributed by atoms with van der Waals surface area (Å²) in [6.07, 6.45) is -4.63. The first-order valence-corrected chi connectivity index (χ1v) is 8.07. The van der Waals surface area contributed by atoms with Gasteiger partial charge >= 0.3 is 12.1 Å². The number of carbonyl (C=O) groups excluding carboxylic acids is 3. The van der Waals surface area contributed by atoms with Crippen LogP contribution in [0.3, 0.4) is 0 Å². The van der Waals surface area contributed by atoms with E-state index < -0.39 is 53.4 Å². The molecule has 2 heterocycles. The summed E-state index contributed by atoms with van der Waals surface area (Å²) >= 11 is 0. The number of alkyl halides is 3. The maximum Gasteiger partial charge on any atom is 0.416 e. The molecule has 2 fully saturated rings. The van der Waals surface area contributed by atoms with E-state index in [9.17, 15) is 27.6 Å². The summed E-state index contributed by atoms with van der Waals surface area (Å²) in [6.45, 7) is 1.68. The number of likely N-dealkylation sites (tertiary alicyclic amines) is 1. The summed E-state index contributed by atoms with van der Waals surface area (Å²) in [5.41, 5.74) is -1.07. The quantitative estimate of drug-likeness (QED) is 0.645. The van der Waals surface area contributed by atoms with Crippen molar-refractivity contribution in [2.45, 2.75) is 25.2 Å². The van der Waals surface area contributed by atoms with Crippen LogP contribution in [0.5, 0.6) is 0 Å². The van der Waals surface area contributed by atoms with Crippen LogP contribution in [0.15, 0.2) is 24.3 Å². The SMILES string of the molecule is CCN1C(=O)[C@@H]2[C@H](C1=O)[C@H](c1ccccc1C(F)(F)F)N[C@@H]2C(=O)OC. The highest BCUT2D eigenvalue weighted by molar-refractivity contribution is 6.08. The van der Waals surface area contributed by atoms with Crippen molar-refractivity contribution in [3.05, 3.63) is 35.4 Å². The van der Waals surface area contributed by atoms with Gasteiger partial charge in [-0.15, -0.1) is 0 Å². The molecule has 1 aromatic carbocycles. The van der Waals surface area contributed by atoms with Crippen LogP contribution in [0.1, 0.15) is 24.1 Å². The van der Waals surface area contributed by atoms with Crippen molar-refractivity contribution in [2.24, 2.45) is 11.8 Å². The van der Waals surface area contributed by atoms with E-state index in [1.54, 1.807) is 6.92 Å². The zero-order chi connectivity index (χ0) is 19.2. The zero-order valence-corrected chi connectivity index (χ0v) is 14.0. The third-order valence-corrected chi connectivity index (χ3v) is 4.94. The van der Waals surface area contributed by atoms with Crippen molar-refractivity contribution in [2.75, 3.05) is 13.7 Å². The number of imide groups is 1. The molecule has 0 bridgehead atoms. The van der Waals surface area contributed by atoms with Crippen molar-refractivity contribution in [3.63, 3.8) is 0 Å². The zero-order valence-electron chi connectivity index (χ0n) is 14.0. The second-order valence-corrected chi connectivity index (χ2v) is 6.20. The first-order valence-electron chi connectivity index (χ1n) is 8.07. The number of ether oxygens (including phenoxy) is 1. The summed E-state index contributed by atoms with van der Waals surface area (Å²) in [6, 6.07) is 2.54. The van der Waals surface area contributed by atoms with Gasteiger partial charge in [0, 0.05) is 12.6 Å². The van der Waals surface area contributed by atoms with Crippen molar-refractivity contribution < 1.29 is 32.3 Å². The highest BCUT2D eigenvalue weighted by atomic mass is 19.4. The number of hydrogen-bond acceptors (Lipinski definition) is 5. The fourth-order valence-corrected chi connectivity index (χ4v) is 3.84. The van der Waals surface area contributed by atoms with Gasteiger partial charge in [0.2, 0.25) is 11.8 Å². The Morgan fingerprint density at radius 1 is 1.19 bits per heavy atom. The van der Waals surface area contributed by atoms with Crippen molar-refractivity contribution in [1.29, 1.82) is 0 Å². The minimum absolute atomic E-state index is 0.0895. The molecule has 2 aliphatic heterocycles. The van der Waals surface area contributed by atoms with E-state index in [1.165, 1.54) is 18.2 Å². The molecule has 9 heteroatoms. The number of carbonyl (C=O) groups is 3. The second kappa shape index (κ2) is 6.39. The molecular formula is C17H17F3N2O4. The molecule has 0 spiro atoms. The number of nitrogens with zero attached hydrogens (tertiary/aromatic N) is 1. The predicted molar refractivity (Wildman–Crippen MR) is 82.5 cm³/mol. The van der Waals surface area contributed by atoms with Gasteiger partial charge in [-0.05, 0) is 18.6 Å². The van der Waals surface area contributed by atoms with E-state index in [-0.39, 0.29) is 12.1 Å². The molecule has 26 heavy (non-hydrogen) atoms. The number of nitrogens with one attached hydrogen (secondary N) is 1. The Hall–Kier alpha value is -2.42. The van der Waals surface area contributed by atoms with Crippen LogP contribution in [0.4, 0.5) is 13.2 Å². The highest BCUT2D eigenvalue weighted by Gasteiger charge is 2.61. The average molecular weight is 370 g/mol. The van der Waals surface area contributed by atoms with E-state index in [1.807, 2.05) is 0 Å². The topological polar surface area (TPSA) is 75.7 Å². The molecule has 6 nitrogen and oxygen atoms in total. The molecule has 140 valence electrons. The normalized spacial score (nSPS) is 28.4. The molecule has 2 amide bonds. The van der Waals surface area contributed by atoms with E-state index in [0.717, 1.165) is 18.1 Å². The van der Waals surface area contributed by atoms with Gasteiger partial charge in [-0.2, -0.15) is 13.2 Å². The molecule has 1 aromatic rings. The Morgan fingerprint density at radius 3 is 2.38 bits per heavy atom. The lowest BCUT2D eigenvalue weighted by molar-refractivity contribution is -0.148. The minimum atomic E-state index is -4.63. The number of rotatable bonds is 3. The second-order valence-electron chi connectivity index (χ2n) is 6.20. The number of amides is 2. The first kappa shape index (κ1) is 18.4. The molecule has 0 radical (unpaired) electrons. The maximum atomic E-state index is 13.4. The van der Waals surface area contributed by atoms with Gasteiger partial charge in [-0.3, -0.25) is 24.6 Å². The van der Waals surface area contributed by atoms with Gasteiger partial charge in [-0.25, -0.2) is 0 Å². The maximum absolute atomic E-state index is 13.4. The third kappa shape index (κ3) is 2.66. The predicted octanol–water partition coefficient (Wildman–Crippen LogP) is 1.51. The molecule has 2 saturated heterocycles. The van der Waals surface area contributed by atoms with Gasteiger partial charge in [-0.1, -0.05) is 18.2 Å². The van der Waals surface area contributed by atoms with E-state index in [2.05, 4.69) is 10.1 Å². The molecule has 0 aliphatic carbocycles. The molecule has 3 rings (SSSR count). The van der Waals surface area contributed by atoms with Gasteiger partial charge in [0.05, 0.1) is 24.5 Å². The number of hydrogen-bond donors (Lipinski definition) is 1. The summed E-state index contributed by atoms with van der Waals surface area (Å²) in [5, 5.41) is 2.74. The number of benzene rings is 1. The number of methoxy groups -OCH3 is 1. The number of fused-ring (bicyclic) bond motifs is 1. The third-order valence-electron chi connectivity index (χ3n) is 4.94. The van der Waals surface area contributed by atoms with Crippen LogP contribution in [-0.2, 0) is 25.3 Å². The summed E-state index contributed by atoms with van der Waals surface area (Å²) in [7, 11) is 1.12. The molecule has 4 atom stereocenters. The highest BCUT2D eigenvalue weighted by Crippen LogP contribution is 2.46. The standard InChI is InChI=1S/C17H17F3N2O4/c1-3-22-14(23)10-11(15(22)24)13(16(25)26-2)21-12(10)8-6-4-5-7-9(8)17(18,19)20/h4-7,10-13,21H,3H2,1-2H3/t10-,11+,12-,13-/m0/s1. The fourth-order valence-electron chi connectivity index (χ4n) is 3.84. The van der Waals surface area contributed by atoms with Crippen molar-refractivity contribution in [1.82, 2.24) is 10.2 Å². The van der Waals surface area contributed by atoms with Crippen molar-refractivity contribution in [3.8, 4) is 0 Å². The fraction of sp³-hybridized carbons (Fsp3) is 0.471. The lowest BCUT2D eigenvalue weighted by atomic mass is 9.85. The van der Waals surface area contributed by atoms with Crippen LogP contribution in [0.2, 0.25) is 0 Å². The molecule has 1 N–H and O–H groups in total. The van der Waals surface area contributed by atoms with Crippen LogP contribution in [0.25, 0.3) is 0 Å². The van der Waals surface area contributed by atoms with Gasteiger partial charge in [0.15, 0.2) is 0 Å². The Kier molecular flexibility index (Phi) is 4.51. The Bertz CT molecular complexity index is 765. The smallest absolute Gasteiger partial charge is 0.416 e. The Balaban J connectivity index is 2.11. The lowest BCUT2D eigenvalue weighted by Crippen LogP contribution is -2.43. The van der Waals surface area contributed by atoms with Crippen LogP contribution in [-0.4, -0.2) is 42.4 Å². The van der Waals surface area contributed by atoms with E-state index in [4.69, 9.17) is 0 Å². The van der Waals surface area contributed by atoms with Gasteiger partial charge in [0.1, 0.15) is 6.04 Å².